The summed E-state index contributed by atoms with van der Waals surface area (Å²) in [5.41, 5.74) is 3.69. The van der Waals surface area contributed by atoms with Crippen molar-refractivity contribution in [2.45, 2.75) is 103 Å². The first-order chi connectivity index (χ1) is 16.2. The normalized spacial score (nSPS) is 24.4. The summed E-state index contributed by atoms with van der Waals surface area (Å²) in [5.74, 6) is 1.49. The lowest BCUT2D eigenvalue weighted by Crippen LogP contribution is -2.44. The van der Waals surface area contributed by atoms with Gasteiger partial charge in [-0.3, -0.25) is 0 Å². The summed E-state index contributed by atoms with van der Waals surface area (Å²) in [4.78, 5) is 9.10. The average Bonchev–Trinajstić information content (AvgIpc) is 2.88. The monoisotopic (exact) mass is 446 g/mol. The molecule has 1 aromatic carbocycles. The van der Waals surface area contributed by atoms with Crippen LogP contribution in [0.25, 0.3) is 11.4 Å². The zero-order valence-corrected chi connectivity index (χ0v) is 20.8. The summed E-state index contributed by atoms with van der Waals surface area (Å²) < 4.78 is 5.73. The highest BCUT2D eigenvalue weighted by Gasteiger charge is 2.48. The van der Waals surface area contributed by atoms with Crippen LogP contribution in [0.15, 0.2) is 48.8 Å². The Morgan fingerprint density at radius 2 is 1.48 bits per heavy atom. The predicted molar refractivity (Wildman–Crippen MR) is 138 cm³/mol. The highest BCUT2D eigenvalue weighted by Crippen LogP contribution is 2.59. The highest BCUT2D eigenvalue weighted by molar-refractivity contribution is 5.56. The molecule has 0 unspecified atom stereocenters. The molecule has 3 nitrogen and oxygen atoms in total. The summed E-state index contributed by atoms with van der Waals surface area (Å²) >= 11 is 0. The first-order valence-electron chi connectivity index (χ1n) is 13.4. The molecule has 3 aliphatic rings. The van der Waals surface area contributed by atoms with Gasteiger partial charge in [-0.1, -0.05) is 82.4 Å². The second-order valence-electron chi connectivity index (χ2n) is 10.5. The molecule has 0 aliphatic heterocycles. The summed E-state index contributed by atoms with van der Waals surface area (Å²) in [6, 6.07) is 9.13. The van der Waals surface area contributed by atoms with E-state index in [2.05, 4.69) is 60.2 Å². The van der Waals surface area contributed by atoms with E-state index in [1.807, 2.05) is 0 Å². The van der Waals surface area contributed by atoms with Crippen molar-refractivity contribution in [1.82, 2.24) is 9.97 Å². The summed E-state index contributed by atoms with van der Waals surface area (Å²) in [6.45, 7) is 5.10. The number of hydrogen-bond donors (Lipinski definition) is 0. The van der Waals surface area contributed by atoms with Crippen molar-refractivity contribution in [2.75, 3.05) is 6.61 Å². The van der Waals surface area contributed by atoms with Gasteiger partial charge in [-0.2, -0.15) is 0 Å². The molecule has 5 rings (SSSR count). The van der Waals surface area contributed by atoms with Crippen molar-refractivity contribution in [3.8, 4) is 17.1 Å². The first-order valence-corrected chi connectivity index (χ1v) is 13.4. The van der Waals surface area contributed by atoms with Gasteiger partial charge in [0.15, 0.2) is 11.6 Å². The van der Waals surface area contributed by atoms with Crippen molar-refractivity contribution in [1.29, 1.82) is 0 Å². The van der Waals surface area contributed by atoms with Crippen LogP contribution in [-0.4, -0.2) is 16.6 Å². The number of unbranched alkanes of at least 4 members (excludes halogenated alkanes) is 4. The van der Waals surface area contributed by atoms with Crippen molar-refractivity contribution < 1.29 is 4.74 Å². The number of ether oxygens (including phenoxy) is 1. The third kappa shape index (κ3) is 5.86. The minimum absolute atomic E-state index is 0.411. The lowest BCUT2D eigenvalue weighted by molar-refractivity contribution is 0.0305. The van der Waals surface area contributed by atoms with Gasteiger partial charge >= 0.3 is 0 Å². The Balaban J connectivity index is 1.32. The van der Waals surface area contributed by atoms with Crippen molar-refractivity contribution in [3.63, 3.8) is 0 Å². The molecule has 2 aromatic rings. The largest absolute Gasteiger partial charge is 0.486 e. The van der Waals surface area contributed by atoms with Crippen LogP contribution in [0.4, 0.5) is 0 Å². The van der Waals surface area contributed by atoms with E-state index in [9.17, 15) is 0 Å². The second kappa shape index (κ2) is 11.3. The SMILES string of the molecule is CCCCC=CCOc1cnc(-c2ccc(C34CCC(CCCCC)(CC3)CC4)cc2)nc1. The van der Waals surface area contributed by atoms with Gasteiger partial charge in [0.1, 0.15) is 6.61 Å². The second-order valence-corrected chi connectivity index (χ2v) is 10.5. The smallest absolute Gasteiger partial charge is 0.159 e. The molecule has 0 radical (unpaired) electrons. The molecule has 3 fully saturated rings. The van der Waals surface area contributed by atoms with Crippen LogP contribution in [0.5, 0.6) is 5.75 Å². The third-order valence-electron chi connectivity index (χ3n) is 8.33. The summed E-state index contributed by atoms with van der Waals surface area (Å²) in [6.07, 6.45) is 25.4. The van der Waals surface area contributed by atoms with Crippen molar-refractivity contribution in [2.24, 2.45) is 5.41 Å². The van der Waals surface area contributed by atoms with Gasteiger partial charge in [0.05, 0.1) is 12.4 Å². The Bertz CT molecular complexity index is 860. The number of rotatable bonds is 12. The molecular weight excluding hydrogens is 404 g/mol. The molecule has 0 spiro atoms. The Hall–Kier alpha value is -2.16. The zero-order chi connectivity index (χ0) is 23.0. The van der Waals surface area contributed by atoms with E-state index in [-0.39, 0.29) is 0 Å². The van der Waals surface area contributed by atoms with Gasteiger partial charge in [-0.15, -0.1) is 0 Å². The van der Waals surface area contributed by atoms with Gasteiger partial charge in [-0.25, -0.2) is 9.97 Å². The quantitative estimate of drug-likeness (QED) is 0.242. The van der Waals surface area contributed by atoms with Gasteiger partial charge in [-0.05, 0) is 67.8 Å². The molecule has 0 atom stereocenters. The maximum atomic E-state index is 5.73. The van der Waals surface area contributed by atoms with Crippen LogP contribution in [0.3, 0.4) is 0 Å². The Kier molecular flexibility index (Phi) is 8.22. The zero-order valence-electron chi connectivity index (χ0n) is 20.8. The minimum Gasteiger partial charge on any atom is -0.486 e. The number of benzene rings is 1. The Labute approximate surface area is 201 Å². The fraction of sp³-hybridized carbons (Fsp3) is 0.600. The molecule has 0 saturated heterocycles. The first kappa shape index (κ1) is 24.0. The molecule has 3 heteroatoms. The van der Waals surface area contributed by atoms with E-state index >= 15 is 0 Å². The fourth-order valence-corrected chi connectivity index (χ4v) is 5.99. The summed E-state index contributed by atoms with van der Waals surface area (Å²) in [5, 5.41) is 0. The van der Waals surface area contributed by atoms with Gasteiger partial charge in [0.2, 0.25) is 0 Å². The number of aromatic nitrogens is 2. The van der Waals surface area contributed by atoms with Gasteiger partial charge < -0.3 is 4.74 Å². The minimum atomic E-state index is 0.411. The van der Waals surface area contributed by atoms with Crippen LogP contribution in [0.2, 0.25) is 0 Å². The van der Waals surface area contributed by atoms with Crippen LogP contribution < -0.4 is 4.74 Å². The van der Waals surface area contributed by atoms with E-state index in [0.717, 1.165) is 23.6 Å². The molecule has 1 aromatic heterocycles. The third-order valence-corrected chi connectivity index (χ3v) is 8.33. The molecule has 0 amide bonds. The maximum Gasteiger partial charge on any atom is 0.159 e. The lowest BCUT2D eigenvalue weighted by atomic mass is 9.51. The number of nitrogens with zero attached hydrogens (tertiary/aromatic N) is 2. The highest BCUT2D eigenvalue weighted by atomic mass is 16.5. The standard InChI is InChI=1S/C30H42N2O/c1-3-5-7-8-10-22-33-27-23-31-28(32-24-27)25-11-13-26(14-12-25)30-19-16-29(17-20-30,18-21-30)15-9-6-4-2/h8,10-14,23-24H,3-7,9,15-22H2,1-2H3. The number of fused-ring (bicyclic) bond motifs is 3. The lowest BCUT2D eigenvalue weighted by Gasteiger charge is -2.54. The molecule has 33 heavy (non-hydrogen) atoms. The van der Waals surface area contributed by atoms with Gasteiger partial charge in [0.25, 0.3) is 0 Å². The molecule has 0 N–H and O–H groups in total. The number of hydrogen-bond acceptors (Lipinski definition) is 3. The van der Waals surface area contributed by atoms with E-state index in [4.69, 9.17) is 4.74 Å². The molecule has 178 valence electrons. The molecular formula is C30H42N2O. The topological polar surface area (TPSA) is 35.0 Å². The maximum absolute atomic E-state index is 5.73. The van der Waals surface area contributed by atoms with Crippen LogP contribution in [0, 0.1) is 5.41 Å². The van der Waals surface area contributed by atoms with E-state index < -0.39 is 0 Å². The fourth-order valence-electron chi connectivity index (χ4n) is 5.99. The van der Waals surface area contributed by atoms with E-state index in [1.54, 1.807) is 12.4 Å². The molecule has 2 bridgehead atoms. The molecule has 1 heterocycles. The van der Waals surface area contributed by atoms with Crippen LogP contribution >= 0.6 is 0 Å². The molecule has 3 saturated carbocycles. The average molecular weight is 447 g/mol. The van der Waals surface area contributed by atoms with Crippen molar-refractivity contribution in [3.05, 3.63) is 54.4 Å². The van der Waals surface area contributed by atoms with Crippen LogP contribution in [0.1, 0.15) is 103 Å². The number of allylic oxidation sites excluding steroid dienone is 1. The van der Waals surface area contributed by atoms with Gasteiger partial charge in [0, 0.05) is 5.56 Å². The Morgan fingerprint density at radius 3 is 2.12 bits per heavy atom. The predicted octanol–water partition coefficient (Wildman–Crippen LogP) is 8.44. The van der Waals surface area contributed by atoms with Crippen molar-refractivity contribution >= 4 is 0 Å². The summed E-state index contributed by atoms with van der Waals surface area (Å²) in [7, 11) is 0. The van der Waals surface area contributed by atoms with Crippen LogP contribution in [-0.2, 0) is 5.41 Å². The van der Waals surface area contributed by atoms with E-state index in [0.29, 0.717) is 17.4 Å². The molecule has 3 aliphatic carbocycles. The Morgan fingerprint density at radius 1 is 0.818 bits per heavy atom. The van der Waals surface area contributed by atoms with E-state index in [1.165, 1.54) is 82.6 Å².